The van der Waals surface area contributed by atoms with Gasteiger partial charge in [-0.15, -0.1) is 0 Å². The van der Waals surface area contributed by atoms with Crippen LogP contribution in [0.3, 0.4) is 0 Å². The standard InChI is InChI=1S/C13H14BrNO/c14-11-6-4-5-10(9-11)13(16)15-12-7-2-1-3-8-12/h1-2,4-6,9,12H,3,7-8H2,(H,15,16). The first-order valence-corrected chi connectivity index (χ1v) is 6.26. The molecule has 16 heavy (non-hydrogen) atoms. The van der Waals surface area contributed by atoms with Crippen molar-refractivity contribution in [2.45, 2.75) is 25.3 Å². The van der Waals surface area contributed by atoms with Gasteiger partial charge in [-0.05, 0) is 37.5 Å². The van der Waals surface area contributed by atoms with E-state index in [1.807, 2.05) is 24.3 Å². The van der Waals surface area contributed by atoms with Crippen molar-refractivity contribution in [3.05, 3.63) is 46.5 Å². The molecule has 0 spiro atoms. The molecule has 1 N–H and O–H groups in total. The number of carbonyl (C=O) groups is 1. The van der Waals surface area contributed by atoms with Gasteiger partial charge < -0.3 is 5.32 Å². The maximum absolute atomic E-state index is 11.9. The minimum atomic E-state index is 0.0154. The van der Waals surface area contributed by atoms with Crippen molar-refractivity contribution >= 4 is 21.8 Å². The third kappa shape index (κ3) is 2.95. The van der Waals surface area contributed by atoms with Gasteiger partial charge in [0.05, 0.1) is 0 Å². The first kappa shape index (κ1) is 11.4. The lowest BCUT2D eigenvalue weighted by molar-refractivity contribution is 0.0934. The predicted molar refractivity (Wildman–Crippen MR) is 68.4 cm³/mol. The Kier molecular flexibility index (Phi) is 3.78. The van der Waals surface area contributed by atoms with E-state index in [1.165, 1.54) is 0 Å². The van der Waals surface area contributed by atoms with Gasteiger partial charge in [0, 0.05) is 16.1 Å². The van der Waals surface area contributed by atoms with E-state index >= 15 is 0 Å². The summed E-state index contributed by atoms with van der Waals surface area (Å²) in [6.07, 6.45) is 7.34. The first-order chi connectivity index (χ1) is 7.75. The second-order valence-corrected chi connectivity index (χ2v) is 4.88. The number of halogens is 1. The Labute approximate surface area is 104 Å². The van der Waals surface area contributed by atoms with E-state index in [2.05, 4.69) is 33.4 Å². The Balaban J connectivity index is 2.00. The van der Waals surface area contributed by atoms with Crippen LogP contribution in [0, 0.1) is 0 Å². The van der Waals surface area contributed by atoms with Gasteiger partial charge in [0.25, 0.3) is 5.91 Å². The van der Waals surface area contributed by atoms with E-state index in [-0.39, 0.29) is 11.9 Å². The fourth-order valence-corrected chi connectivity index (χ4v) is 2.22. The number of allylic oxidation sites excluding steroid dienone is 1. The van der Waals surface area contributed by atoms with Crippen LogP contribution in [0.2, 0.25) is 0 Å². The van der Waals surface area contributed by atoms with Crippen LogP contribution in [0.25, 0.3) is 0 Å². The molecule has 1 atom stereocenters. The molecule has 1 aliphatic rings. The van der Waals surface area contributed by atoms with Crippen LogP contribution in [-0.4, -0.2) is 11.9 Å². The molecule has 0 fully saturated rings. The number of benzene rings is 1. The molecule has 1 aliphatic carbocycles. The highest BCUT2D eigenvalue weighted by Gasteiger charge is 2.13. The molecule has 1 aromatic carbocycles. The largest absolute Gasteiger partial charge is 0.349 e. The lowest BCUT2D eigenvalue weighted by Crippen LogP contribution is -2.35. The van der Waals surface area contributed by atoms with Crippen LogP contribution in [0.4, 0.5) is 0 Å². The molecule has 1 aromatic rings. The monoisotopic (exact) mass is 279 g/mol. The van der Waals surface area contributed by atoms with Crippen LogP contribution < -0.4 is 5.32 Å². The second-order valence-electron chi connectivity index (χ2n) is 3.97. The molecular weight excluding hydrogens is 266 g/mol. The van der Waals surface area contributed by atoms with Crippen LogP contribution in [0.5, 0.6) is 0 Å². The van der Waals surface area contributed by atoms with Gasteiger partial charge in [0.2, 0.25) is 0 Å². The molecule has 0 bridgehead atoms. The summed E-state index contributed by atoms with van der Waals surface area (Å²) < 4.78 is 0.934. The Morgan fingerprint density at radius 2 is 2.25 bits per heavy atom. The lowest BCUT2D eigenvalue weighted by Gasteiger charge is -2.19. The van der Waals surface area contributed by atoms with E-state index in [4.69, 9.17) is 0 Å². The molecule has 0 aliphatic heterocycles. The van der Waals surface area contributed by atoms with Gasteiger partial charge in [-0.2, -0.15) is 0 Å². The maximum atomic E-state index is 11.9. The third-order valence-electron chi connectivity index (χ3n) is 2.69. The SMILES string of the molecule is O=C(NC1CC=CCC1)c1cccc(Br)c1. The summed E-state index contributed by atoms with van der Waals surface area (Å²) in [7, 11) is 0. The summed E-state index contributed by atoms with van der Waals surface area (Å²) in [4.78, 5) is 11.9. The summed E-state index contributed by atoms with van der Waals surface area (Å²) in [6.45, 7) is 0. The van der Waals surface area contributed by atoms with Crippen molar-refractivity contribution in [3.63, 3.8) is 0 Å². The Bertz CT molecular complexity index is 414. The number of amides is 1. The van der Waals surface area contributed by atoms with Crippen LogP contribution >= 0.6 is 15.9 Å². The zero-order chi connectivity index (χ0) is 11.4. The minimum absolute atomic E-state index is 0.0154. The maximum Gasteiger partial charge on any atom is 0.251 e. The molecule has 3 heteroatoms. The third-order valence-corrected chi connectivity index (χ3v) is 3.18. The molecule has 1 amide bonds. The zero-order valence-electron chi connectivity index (χ0n) is 8.95. The van der Waals surface area contributed by atoms with E-state index < -0.39 is 0 Å². The molecule has 0 radical (unpaired) electrons. The highest BCUT2D eigenvalue weighted by atomic mass is 79.9. The lowest BCUT2D eigenvalue weighted by atomic mass is 10.0. The normalized spacial score (nSPS) is 19.4. The van der Waals surface area contributed by atoms with Crippen molar-refractivity contribution < 1.29 is 4.79 Å². The number of hydrogen-bond acceptors (Lipinski definition) is 1. The summed E-state index contributed by atoms with van der Waals surface area (Å²) in [6, 6.07) is 7.75. The number of carbonyl (C=O) groups excluding carboxylic acids is 1. The van der Waals surface area contributed by atoms with Crippen molar-refractivity contribution in [1.29, 1.82) is 0 Å². The summed E-state index contributed by atoms with van der Waals surface area (Å²) in [5.74, 6) is 0.0154. The smallest absolute Gasteiger partial charge is 0.251 e. The molecule has 2 nitrogen and oxygen atoms in total. The van der Waals surface area contributed by atoms with Crippen LogP contribution in [0.1, 0.15) is 29.6 Å². The van der Waals surface area contributed by atoms with Crippen LogP contribution in [0.15, 0.2) is 40.9 Å². The number of nitrogens with one attached hydrogen (secondary N) is 1. The van der Waals surface area contributed by atoms with Crippen molar-refractivity contribution in [2.24, 2.45) is 0 Å². The molecule has 1 unspecified atom stereocenters. The predicted octanol–water partition coefficient (Wildman–Crippen LogP) is 3.29. The Morgan fingerprint density at radius 1 is 1.38 bits per heavy atom. The Hall–Kier alpha value is -1.09. The fraction of sp³-hybridized carbons (Fsp3) is 0.308. The van der Waals surface area contributed by atoms with Crippen molar-refractivity contribution in [1.82, 2.24) is 5.32 Å². The highest BCUT2D eigenvalue weighted by molar-refractivity contribution is 9.10. The molecule has 0 aromatic heterocycles. The Morgan fingerprint density at radius 3 is 2.94 bits per heavy atom. The van der Waals surface area contributed by atoms with Crippen LogP contribution in [-0.2, 0) is 0 Å². The van der Waals surface area contributed by atoms with E-state index in [9.17, 15) is 4.79 Å². The topological polar surface area (TPSA) is 29.1 Å². The van der Waals surface area contributed by atoms with Gasteiger partial charge in [-0.1, -0.05) is 34.1 Å². The number of rotatable bonds is 2. The molecule has 0 heterocycles. The molecule has 2 rings (SSSR count). The molecular formula is C13H14BrNO. The summed E-state index contributed by atoms with van der Waals surface area (Å²) in [5, 5.41) is 3.05. The quantitative estimate of drug-likeness (QED) is 0.827. The molecule has 84 valence electrons. The first-order valence-electron chi connectivity index (χ1n) is 5.47. The number of hydrogen-bond donors (Lipinski definition) is 1. The average Bonchev–Trinajstić information content (AvgIpc) is 2.30. The summed E-state index contributed by atoms with van der Waals surface area (Å²) >= 11 is 3.36. The molecule has 0 saturated carbocycles. The van der Waals surface area contributed by atoms with Gasteiger partial charge in [0.15, 0.2) is 0 Å². The fourth-order valence-electron chi connectivity index (χ4n) is 1.82. The highest BCUT2D eigenvalue weighted by Crippen LogP contribution is 2.14. The van der Waals surface area contributed by atoms with Crippen molar-refractivity contribution in [2.75, 3.05) is 0 Å². The van der Waals surface area contributed by atoms with Crippen molar-refractivity contribution in [3.8, 4) is 0 Å². The van der Waals surface area contributed by atoms with Gasteiger partial charge >= 0.3 is 0 Å². The minimum Gasteiger partial charge on any atom is -0.349 e. The summed E-state index contributed by atoms with van der Waals surface area (Å²) in [5.41, 5.74) is 0.712. The van der Waals surface area contributed by atoms with E-state index in [0.717, 1.165) is 23.7 Å². The zero-order valence-corrected chi connectivity index (χ0v) is 10.5. The van der Waals surface area contributed by atoms with Gasteiger partial charge in [-0.3, -0.25) is 4.79 Å². The van der Waals surface area contributed by atoms with E-state index in [1.54, 1.807) is 0 Å². The van der Waals surface area contributed by atoms with Gasteiger partial charge in [-0.25, -0.2) is 0 Å². The molecule has 0 saturated heterocycles. The average molecular weight is 280 g/mol. The van der Waals surface area contributed by atoms with E-state index in [0.29, 0.717) is 5.56 Å². The van der Waals surface area contributed by atoms with Gasteiger partial charge in [0.1, 0.15) is 0 Å². The second kappa shape index (κ2) is 5.30.